The molecular formula is C17H14O3. The SMILES string of the molecule is C=C(C)OC1c2ccccc2-c2cc3c(cc21)OCO3. The van der Waals surface area contributed by atoms with E-state index in [1.807, 2.05) is 31.2 Å². The van der Waals surface area contributed by atoms with Crippen LogP contribution in [0.3, 0.4) is 0 Å². The standard InChI is InChI=1S/C17H14O3/c1-10(2)20-17-12-6-4-3-5-11(12)13-7-15-16(8-14(13)17)19-9-18-15/h3-8,17H,1,9H2,2H3. The molecule has 0 amide bonds. The number of rotatable bonds is 2. The van der Waals surface area contributed by atoms with E-state index in [0.29, 0.717) is 5.76 Å². The smallest absolute Gasteiger partial charge is 0.231 e. The highest BCUT2D eigenvalue weighted by atomic mass is 16.7. The summed E-state index contributed by atoms with van der Waals surface area (Å²) in [7, 11) is 0. The van der Waals surface area contributed by atoms with Crippen molar-refractivity contribution in [3.05, 3.63) is 59.9 Å². The Morgan fingerprint density at radius 3 is 2.65 bits per heavy atom. The first-order valence-corrected chi connectivity index (χ1v) is 6.59. The van der Waals surface area contributed by atoms with Crippen LogP contribution in [0.5, 0.6) is 11.5 Å². The fourth-order valence-electron chi connectivity index (χ4n) is 2.87. The van der Waals surface area contributed by atoms with Gasteiger partial charge in [0, 0.05) is 11.1 Å². The summed E-state index contributed by atoms with van der Waals surface area (Å²) >= 11 is 0. The molecule has 0 spiro atoms. The lowest BCUT2D eigenvalue weighted by Crippen LogP contribution is -2.00. The molecule has 0 N–H and O–H groups in total. The second-order valence-corrected chi connectivity index (χ2v) is 5.08. The Kier molecular flexibility index (Phi) is 2.30. The highest BCUT2D eigenvalue weighted by Gasteiger charge is 2.32. The van der Waals surface area contributed by atoms with Crippen LogP contribution in [0.2, 0.25) is 0 Å². The van der Waals surface area contributed by atoms with E-state index in [1.54, 1.807) is 0 Å². The van der Waals surface area contributed by atoms with Gasteiger partial charge in [-0.25, -0.2) is 0 Å². The van der Waals surface area contributed by atoms with Crippen molar-refractivity contribution >= 4 is 0 Å². The molecule has 0 radical (unpaired) electrons. The van der Waals surface area contributed by atoms with Crippen LogP contribution in [-0.2, 0) is 4.74 Å². The maximum Gasteiger partial charge on any atom is 0.231 e. The van der Waals surface area contributed by atoms with E-state index >= 15 is 0 Å². The van der Waals surface area contributed by atoms with Crippen molar-refractivity contribution in [2.24, 2.45) is 0 Å². The summed E-state index contributed by atoms with van der Waals surface area (Å²) in [5.74, 6) is 2.29. The zero-order valence-electron chi connectivity index (χ0n) is 11.2. The predicted molar refractivity (Wildman–Crippen MR) is 75.7 cm³/mol. The van der Waals surface area contributed by atoms with Crippen molar-refractivity contribution in [2.45, 2.75) is 13.0 Å². The minimum absolute atomic E-state index is 0.117. The molecule has 1 unspecified atom stereocenters. The second kappa shape index (κ2) is 4.04. The van der Waals surface area contributed by atoms with Crippen molar-refractivity contribution in [3.8, 4) is 22.6 Å². The first-order chi connectivity index (χ1) is 9.74. The second-order valence-electron chi connectivity index (χ2n) is 5.08. The van der Waals surface area contributed by atoms with Crippen LogP contribution in [0.1, 0.15) is 24.2 Å². The molecule has 2 aliphatic rings. The molecule has 1 aliphatic heterocycles. The van der Waals surface area contributed by atoms with Gasteiger partial charge >= 0.3 is 0 Å². The Bertz CT molecular complexity index is 718. The van der Waals surface area contributed by atoms with Crippen molar-refractivity contribution in [2.75, 3.05) is 6.79 Å². The Morgan fingerprint density at radius 1 is 1.10 bits per heavy atom. The first kappa shape index (κ1) is 11.4. The molecule has 2 aromatic carbocycles. The minimum Gasteiger partial charge on any atom is -0.486 e. The first-order valence-electron chi connectivity index (χ1n) is 6.59. The molecule has 0 saturated heterocycles. The Balaban J connectivity index is 1.93. The van der Waals surface area contributed by atoms with E-state index in [-0.39, 0.29) is 12.9 Å². The molecule has 3 heteroatoms. The molecule has 0 saturated carbocycles. The largest absolute Gasteiger partial charge is 0.486 e. The fraction of sp³-hybridized carbons (Fsp3) is 0.176. The van der Waals surface area contributed by atoms with Crippen molar-refractivity contribution in [1.29, 1.82) is 0 Å². The van der Waals surface area contributed by atoms with Gasteiger partial charge in [0.25, 0.3) is 0 Å². The summed E-state index contributed by atoms with van der Waals surface area (Å²) in [6.45, 7) is 6.01. The Morgan fingerprint density at radius 2 is 1.85 bits per heavy atom. The summed E-state index contributed by atoms with van der Waals surface area (Å²) in [6.07, 6.45) is -0.117. The molecule has 3 nitrogen and oxygen atoms in total. The van der Waals surface area contributed by atoms with Gasteiger partial charge in [0.05, 0.1) is 5.76 Å². The summed E-state index contributed by atoms with van der Waals surface area (Å²) in [6, 6.07) is 12.3. The molecule has 2 aromatic rings. The van der Waals surface area contributed by atoms with E-state index in [0.717, 1.165) is 28.2 Å². The van der Waals surface area contributed by atoms with Crippen LogP contribution in [0.25, 0.3) is 11.1 Å². The van der Waals surface area contributed by atoms with Gasteiger partial charge < -0.3 is 14.2 Å². The predicted octanol–water partition coefficient (Wildman–Crippen LogP) is 4.04. The molecule has 4 rings (SSSR count). The van der Waals surface area contributed by atoms with Gasteiger partial charge in [0.2, 0.25) is 6.79 Å². The normalized spacial score (nSPS) is 17.6. The van der Waals surface area contributed by atoms with Crippen LogP contribution >= 0.6 is 0 Å². The molecule has 0 bridgehead atoms. The molecular weight excluding hydrogens is 252 g/mol. The molecule has 0 fully saturated rings. The molecule has 1 aliphatic carbocycles. The van der Waals surface area contributed by atoms with Gasteiger partial charge in [0.1, 0.15) is 6.10 Å². The fourth-order valence-corrected chi connectivity index (χ4v) is 2.87. The molecule has 20 heavy (non-hydrogen) atoms. The van der Waals surface area contributed by atoms with Gasteiger partial charge in [-0.15, -0.1) is 0 Å². The van der Waals surface area contributed by atoms with Crippen molar-refractivity contribution in [3.63, 3.8) is 0 Å². The van der Waals surface area contributed by atoms with Crippen LogP contribution in [0.15, 0.2) is 48.7 Å². The van der Waals surface area contributed by atoms with Crippen molar-refractivity contribution in [1.82, 2.24) is 0 Å². The summed E-state index contributed by atoms with van der Waals surface area (Å²) < 4.78 is 16.9. The van der Waals surface area contributed by atoms with Gasteiger partial charge in [-0.3, -0.25) is 0 Å². The third-order valence-electron chi connectivity index (χ3n) is 3.68. The minimum atomic E-state index is -0.117. The van der Waals surface area contributed by atoms with Gasteiger partial charge in [-0.2, -0.15) is 0 Å². The number of hydrogen-bond acceptors (Lipinski definition) is 3. The zero-order valence-corrected chi connectivity index (χ0v) is 11.2. The third kappa shape index (κ3) is 1.53. The van der Waals surface area contributed by atoms with Gasteiger partial charge in [-0.1, -0.05) is 30.8 Å². The van der Waals surface area contributed by atoms with E-state index < -0.39 is 0 Å². The highest BCUT2D eigenvalue weighted by Crippen LogP contribution is 2.50. The van der Waals surface area contributed by atoms with E-state index in [9.17, 15) is 0 Å². The average molecular weight is 266 g/mol. The number of ether oxygens (including phenoxy) is 3. The van der Waals surface area contributed by atoms with Crippen LogP contribution in [-0.4, -0.2) is 6.79 Å². The monoisotopic (exact) mass is 266 g/mol. The number of benzene rings is 2. The Labute approximate surface area is 117 Å². The lowest BCUT2D eigenvalue weighted by molar-refractivity contribution is 0.156. The quantitative estimate of drug-likeness (QED) is 0.768. The number of allylic oxidation sites excluding steroid dienone is 1. The van der Waals surface area contributed by atoms with Gasteiger partial charge in [-0.05, 0) is 30.2 Å². The highest BCUT2D eigenvalue weighted by molar-refractivity contribution is 5.80. The molecule has 0 aromatic heterocycles. The summed E-state index contributed by atoms with van der Waals surface area (Å²) in [5, 5.41) is 0. The average Bonchev–Trinajstić information content (AvgIpc) is 3.00. The van der Waals surface area contributed by atoms with Gasteiger partial charge in [0.15, 0.2) is 11.5 Å². The summed E-state index contributed by atoms with van der Waals surface area (Å²) in [5.41, 5.74) is 4.61. The van der Waals surface area contributed by atoms with Crippen LogP contribution in [0.4, 0.5) is 0 Å². The zero-order chi connectivity index (χ0) is 13.7. The third-order valence-corrected chi connectivity index (χ3v) is 3.68. The lowest BCUT2D eigenvalue weighted by Gasteiger charge is -2.16. The Hall–Kier alpha value is -2.42. The lowest BCUT2D eigenvalue weighted by atomic mass is 10.1. The topological polar surface area (TPSA) is 27.7 Å². The van der Waals surface area contributed by atoms with E-state index in [1.165, 1.54) is 5.56 Å². The summed E-state index contributed by atoms with van der Waals surface area (Å²) in [4.78, 5) is 0. The van der Waals surface area contributed by atoms with Crippen molar-refractivity contribution < 1.29 is 14.2 Å². The maximum atomic E-state index is 5.93. The van der Waals surface area contributed by atoms with E-state index in [2.05, 4.69) is 18.7 Å². The molecule has 1 atom stereocenters. The molecule has 1 heterocycles. The molecule has 100 valence electrons. The number of hydrogen-bond donors (Lipinski definition) is 0. The van der Waals surface area contributed by atoms with Crippen LogP contribution in [0, 0.1) is 0 Å². The number of fused-ring (bicyclic) bond motifs is 4. The van der Waals surface area contributed by atoms with E-state index in [4.69, 9.17) is 14.2 Å². The maximum absolute atomic E-state index is 5.93. The van der Waals surface area contributed by atoms with Crippen LogP contribution < -0.4 is 9.47 Å².